The number of Topliss-reactive ketones (excluding diaryl/α,β-unsaturated/α-hetero) is 1. The molecule has 0 spiro atoms. The van der Waals surface area contributed by atoms with Crippen LogP contribution in [0.5, 0.6) is 0 Å². The molecule has 0 aliphatic carbocycles. The average Bonchev–Trinajstić information content (AvgIpc) is 2.42. The predicted molar refractivity (Wildman–Crippen MR) is 80.0 cm³/mol. The van der Waals surface area contributed by atoms with Crippen molar-refractivity contribution in [1.82, 2.24) is 0 Å². The minimum Gasteiger partial charge on any atom is -0.398 e. The number of nitrogens with two attached hydrogens (primary N) is 1. The number of amides is 1. The van der Waals surface area contributed by atoms with E-state index < -0.39 is 0 Å². The van der Waals surface area contributed by atoms with Gasteiger partial charge in [0.05, 0.1) is 5.56 Å². The molecular weight excluding hydrogens is 252 g/mol. The largest absolute Gasteiger partial charge is 0.398 e. The number of para-hydroxylation sites is 1. The van der Waals surface area contributed by atoms with Gasteiger partial charge in [0.15, 0.2) is 5.78 Å². The van der Waals surface area contributed by atoms with Crippen molar-refractivity contribution in [3.8, 4) is 0 Å². The van der Waals surface area contributed by atoms with Crippen LogP contribution in [0.15, 0.2) is 42.5 Å². The summed E-state index contributed by atoms with van der Waals surface area (Å²) in [6, 6.07) is 12.1. The van der Waals surface area contributed by atoms with E-state index in [-0.39, 0.29) is 11.7 Å². The van der Waals surface area contributed by atoms with Crippen molar-refractivity contribution in [3.05, 3.63) is 59.2 Å². The lowest BCUT2D eigenvalue weighted by molar-refractivity contribution is 0.101. The molecule has 0 saturated heterocycles. The Morgan fingerprint density at radius 1 is 1.10 bits per heavy atom. The zero-order chi connectivity index (χ0) is 14.7. The molecule has 4 heteroatoms. The molecule has 0 aromatic heterocycles. The molecule has 3 N–H and O–H groups in total. The highest BCUT2D eigenvalue weighted by Gasteiger charge is 2.11. The van der Waals surface area contributed by atoms with Crippen LogP contribution < -0.4 is 11.1 Å². The fourth-order valence-electron chi connectivity index (χ4n) is 1.89. The highest BCUT2D eigenvalue weighted by atomic mass is 16.1. The van der Waals surface area contributed by atoms with Gasteiger partial charge in [-0.2, -0.15) is 0 Å². The first-order chi connectivity index (χ1) is 9.49. The van der Waals surface area contributed by atoms with Crippen molar-refractivity contribution in [2.75, 3.05) is 11.1 Å². The van der Waals surface area contributed by atoms with Gasteiger partial charge < -0.3 is 11.1 Å². The van der Waals surface area contributed by atoms with Crippen molar-refractivity contribution in [2.45, 2.75) is 13.8 Å². The summed E-state index contributed by atoms with van der Waals surface area (Å²) in [5.41, 5.74) is 8.78. The molecule has 0 heterocycles. The van der Waals surface area contributed by atoms with E-state index >= 15 is 0 Å². The molecule has 0 bridgehead atoms. The Morgan fingerprint density at radius 3 is 2.50 bits per heavy atom. The van der Waals surface area contributed by atoms with E-state index in [1.165, 1.54) is 6.92 Å². The number of benzene rings is 2. The second kappa shape index (κ2) is 5.57. The predicted octanol–water partition coefficient (Wildman–Crippen LogP) is 3.03. The Morgan fingerprint density at radius 2 is 1.80 bits per heavy atom. The van der Waals surface area contributed by atoms with E-state index in [0.29, 0.717) is 22.5 Å². The van der Waals surface area contributed by atoms with Crippen molar-refractivity contribution in [2.24, 2.45) is 0 Å². The number of ketones is 1. The number of anilines is 2. The molecule has 20 heavy (non-hydrogen) atoms. The number of nitrogens with one attached hydrogen (secondary N) is 1. The molecule has 102 valence electrons. The topological polar surface area (TPSA) is 72.2 Å². The lowest BCUT2D eigenvalue weighted by Gasteiger charge is -2.09. The molecule has 0 aliphatic heterocycles. The fraction of sp³-hybridized carbons (Fsp3) is 0.125. The first-order valence-electron chi connectivity index (χ1n) is 6.26. The third-order valence-corrected chi connectivity index (χ3v) is 3.10. The number of rotatable bonds is 3. The van der Waals surface area contributed by atoms with Crippen LogP contribution in [-0.2, 0) is 0 Å². The minimum atomic E-state index is -0.285. The molecule has 2 rings (SSSR count). The molecule has 0 unspecified atom stereocenters. The van der Waals surface area contributed by atoms with Crippen molar-refractivity contribution >= 4 is 23.1 Å². The van der Waals surface area contributed by atoms with Gasteiger partial charge in [-0.15, -0.1) is 0 Å². The number of aryl methyl sites for hydroxylation is 1. The third-order valence-electron chi connectivity index (χ3n) is 3.10. The first kappa shape index (κ1) is 13.8. The minimum absolute atomic E-state index is 0.0452. The van der Waals surface area contributed by atoms with Crippen molar-refractivity contribution < 1.29 is 9.59 Å². The maximum Gasteiger partial charge on any atom is 0.257 e. The SMILES string of the molecule is CC(=O)c1cccc(NC(=O)c2cccc(C)c2N)c1. The number of nitrogen functional groups attached to an aromatic ring is 1. The molecule has 0 aliphatic rings. The summed E-state index contributed by atoms with van der Waals surface area (Å²) < 4.78 is 0. The summed E-state index contributed by atoms with van der Waals surface area (Å²) in [6.07, 6.45) is 0. The van der Waals surface area contributed by atoms with Crippen molar-refractivity contribution in [3.63, 3.8) is 0 Å². The second-order valence-electron chi connectivity index (χ2n) is 4.63. The lowest BCUT2D eigenvalue weighted by Crippen LogP contribution is -2.14. The summed E-state index contributed by atoms with van der Waals surface area (Å²) in [4.78, 5) is 23.5. The van der Waals surface area contributed by atoms with E-state index in [4.69, 9.17) is 5.73 Å². The molecule has 4 nitrogen and oxygen atoms in total. The molecule has 1 amide bonds. The smallest absolute Gasteiger partial charge is 0.257 e. The number of carbonyl (C=O) groups is 2. The van der Waals surface area contributed by atoms with Gasteiger partial charge in [-0.3, -0.25) is 9.59 Å². The molecule has 2 aromatic rings. The maximum atomic E-state index is 12.2. The van der Waals surface area contributed by atoms with Crippen LogP contribution >= 0.6 is 0 Å². The van der Waals surface area contributed by atoms with E-state index in [0.717, 1.165) is 5.56 Å². The van der Waals surface area contributed by atoms with Crippen LogP contribution in [0.4, 0.5) is 11.4 Å². The van der Waals surface area contributed by atoms with Crippen molar-refractivity contribution in [1.29, 1.82) is 0 Å². The summed E-state index contributed by atoms with van der Waals surface area (Å²) in [5.74, 6) is -0.330. The molecule has 0 radical (unpaired) electrons. The number of hydrogen-bond donors (Lipinski definition) is 2. The Hall–Kier alpha value is -2.62. The standard InChI is InChI=1S/C16H16N2O2/c1-10-5-3-8-14(15(10)17)16(20)18-13-7-4-6-12(9-13)11(2)19/h3-9H,17H2,1-2H3,(H,18,20). The Labute approximate surface area is 117 Å². The van der Waals surface area contributed by atoms with Crippen LogP contribution in [0, 0.1) is 6.92 Å². The second-order valence-corrected chi connectivity index (χ2v) is 4.63. The van der Waals surface area contributed by atoms with E-state index in [9.17, 15) is 9.59 Å². The highest BCUT2D eigenvalue weighted by molar-refractivity contribution is 6.08. The summed E-state index contributed by atoms with van der Waals surface area (Å²) in [5, 5.41) is 2.75. The van der Waals surface area contributed by atoms with Crippen LogP contribution in [-0.4, -0.2) is 11.7 Å². The third kappa shape index (κ3) is 2.85. The summed E-state index contributed by atoms with van der Waals surface area (Å²) in [7, 11) is 0. The average molecular weight is 268 g/mol. The zero-order valence-corrected chi connectivity index (χ0v) is 11.4. The van der Waals surface area contributed by atoms with Crippen LogP contribution in [0.1, 0.15) is 33.2 Å². The molecule has 0 atom stereocenters. The van der Waals surface area contributed by atoms with Crippen LogP contribution in [0.2, 0.25) is 0 Å². The van der Waals surface area contributed by atoms with E-state index in [1.54, 1.807) is 36.4 Å². The van der Waals surface area contributed by atoms with Crippen LogP contribution in [0.3, 0.4) is 0 Å². The first-order valence-corrected chi connectivity index (χ1v) is 6.26. The molecular formula is C16H16N2O2. The van der Waals surface area contributed by atoms with Crippen LogP contribution in [0.25, 0.3) is 0 Å². The van der Waals surface area contributed by atoms with Gasteiger partial charge in [-0.05, 0) is 37.6 Å². The normalized spacial score (nSPS) is 10.1. The summed E-state index contributed by atoms with van der Waals surface area (Å²) >= 11 is 0. The maximum absolute atomic E-state index is 12.2. The monoisotopic (exact) mass is 268 g/mol. The van der Waals surface area contributed by atoms with Gasteiger partial charge in [0.1, 0.15) is 0 Å². The Balaban J connectivity index is 2.26. The Kier molecular flexibility index (Phi) is 3.84. The lowest BCUT2D eigenvalue weighted by atomic mass is 10.1. The Bertz CT molecular complexity index is 678. The quantitative estimate of drug-likeness (QED) is 0.664. The van der Waals surface area contributed by atoms with Gasteiger partial charge in [-0.1, -0.05) is 24.3 Å². The van der Waals surface area contributed by atoms with Gasteiger partial charge >= 0.3 is 0 Å². The van der Waals surface area contributed by atoms with E-state index in [1.807, 2.05) is 13.0 Å². The zero-order valence-electron chi connectivity index (χ0n) is 11.4. The van der Waals surface area contributed by atoms with Gasteiger partial charge in [0.2, 0.25) is 0 Å². The van der Waals surface area contributed by atoms with E-state index in [2.05, 4.69) is 5.32 Å². The summed E-state index contributed by atoms with van der Waals surface area (Å²) in [6.45, 7) is 3.34. The van der Waals surface area contributed by atoms with Gasteiger partial charge in [0, 0.05) is 16.9 Å². The number of hydrogen-bond acceptors (Lipinski definition) is 3. The molecule has 0 saturated carbocycles. The number of carbonyl (C=O) groups excluding carboxylic acids is 2. The molecule has 2 aromatic carbocycles. The van der Waals surface area contributed by atoms with Gasteiger partial charge in [0.25, 0.3) is 5.91 Å². The fourth-order valence-corrected chi connectivity index (χ4v) is 1.89. The van der Waals surface area contributed by atoms with Gasteiger partial charge in [-0.25, -0.2) is 0 Å². The molecule has 0 fully saturated rings. The highest BCUT2D eigenvalue weighted by Crippen LogP contribution is 2.19.